The smallest absolute Gasteiger partial charge is 0.311 e. The molecule has 2 N–H and O–H groups in total. The van der Waals surface area contributed by atoms with Crippen molar-refractivity contribution in [2.24, 2.45) is 5.73 Å². The van der Waals surface area contributed by atoms with Crippen LogP contribution in [0.25, 0.3) is 0 Å². The van der Waals surface area contributed by atoms with Crippen molar-refractivity contribution in [3.63, 3.8) is 0 Å². The summed E-state index contributed by atoms with van der Waals surface area (Å²) < 4.78 is 5.17. The molecule has 0 spiro atoms. The predicted molar refractivity (Wildman–Crippen MR) is 79.0 cm³/mol. The number of esters is 1. The van der Waals surface area contributed by atoms with Gasteiger partial charge in [-0.3, -0.25) is 9.59 Å². The third kappa shape index (κ3) is 5.61. The van der Waals surface area contributed by atoms with E-state index in [9.17, 15) is 9.59 Å². The second kappa shape index (κ2) is 8.59. The molecule has 0 aliphatic carbocycles. The van der Waals surface area contributed by atoms with Crippen molar-refractivity contribution in [2.75, 3.05) is 0 Å². The van der Waals surface area contributed by atoms with Gasteiger partial charge in [0, 0.05) is 11.4 Å². The number of amides is 1. The summed E-state index contributed by atoms with van der Waals surface area (Å²) >= 11 is 5.78. The SMILES string of the molecule is CCCCCCCC(=O)Oc1ccc(Cl)cc1C(N)=O. The number of ether oxygens (including phenoxy) is 1. The van der Waals surface area contributed by atoms with Crippen LogP contribution in [0.4, 0.5) is 0 Å². The molecule has 110 valence electrons. The normalized spacial score (nSPS) is 10.3. The number of carbonyl (C=O) groups is 2. The van der Waals surface area contributed by atoms with Gasteiger partial charge in [0.15, 0.2) is 0 Å². The molecule has 0 saturated heterocycles. The molecule has 0 unspecified atom stereocenters. The Bertz CT molecular complexity index is 474. The van der Waals surface area contributed by atoms with Crippen LogP contribution in [-0.4, -0.2) is 11.9 Å². The third-order valence-corrected chi connectivity index (χ3v) is 3.15. The van der Waals surface area contributed by atoms with Crippen LogP contribution in [-0.2, 0) is 4.79 Å². The molecule has 20 heavy (non-hydrogen) atoms. The summed E-state index contributed by atoms with van der Waals surface area (Å²) in [6.07, 6.45) is 5.60. The van der Waals surface area contributed by atoms with Gasteiger partial charge in [-0.15, -0.1) is 0 Å². The largest absolute Gasteiger partial charge is 0.426 e. The number of hydrogen-bond donors (Lipinski definition) is 1. The summed E-state index contributed by atoms with van der Waals surface area (Å²) in [6.45, 7) is 2.14. The number of primary amides is 1. The van der Waals surface area contributed by atoms with E-state index in [4.69, 9.17) is 22.1 Å². The van der Waals surface area contributed by atoms with E-state index in [1.807, 2.05) is 0 Å². The molecule has 0 heterocycles. The number of carbonyl (C=O) groups excluding carboxylic acids is 2. The Morgan fingerprint density at radius 2 is 1.90 bits per heavy atom. The van der Waals surface area contributed by atoms with Crippen molar-refractivity contribution in [3.05, 3.63) is 28.8 Å². The molecule has 1 rings (SSSR count). The first kappa shape index (κ1) is 16.5. The van der Waals surface area contributed by atoms with Crippen LogP contribution < -0.4 is 10.5 Å². The predicted octanol–water partition coefficient (Wildman–Crippen LogP) is 3.70. The van der Waals surface area contributed by atoms with E-state index in [0.29, 0.717) is 11.4 Å². The maximum absolute atomic E-state index is 11.7. The van der Waals surface area contributed by atoms with Crippen LogP contribution in [0.5, 0.6) is 5.75 Å². The van der Waals surface area contributed by atoms with E-state index in [1.165, 1.54) is 18.6 Å². The molecule has 0 aromatic heterocycles. The Morgan fingerprint density at radius 1 is 1.20 bits per heavy atom. The lowest BCUT2D eigenvalue weighted by molar-refractivity contribution is -0.134. The fraction of sp³-hybridized carbons (Fsp3) is 0.467. The zero-order chi connectivity index (χ0) is 15.0. The van der Waals surface area contributed by atoms with E-state index >= 15 is 0 Å². The minimum absolute atomic E-state index is 0.122. The van der Waals surface area contributed by atoms with Gasteiger partial charge in [-0.05, 0) is 24.6 Å². The second-order valence-corrected chi connectivity index (χ2v) is 5.08. The quantitative estimate of drug-likeness (QED) is 0.452. The van der Waals surface area contributed by atoms with Crippen molar-refractivity contribution in [1.82, 2.24) is 0 Å². The summed E-state index contributed by atoms with van der Waals surface area (Å²) in [5, 5.41) is 0.373. The molecule has 1 aromatic rings. The first-order valence-corrected chi connectivity index (χ1v) is 7.22. The Labute approximate surface area is 124 Å². The van der Waals surface area contributed by atoms with Crippen LogP contribution in [0.2, 0.25) is 5.02 Å². The van der Waals surface area contributed by atoms with Crippen LogP contribution in [0, 0.1) is 0 Å². The number of benzene rings is 1. The van der Waals surface area contributed by atoms with Crippen molar-refractivity contribution in [1.29, 1.82) is 0 Å². The molecule has 0 fully saturated rings. The lowest BCUT2D eigenvalue weighted by Crippen LogP contribution is -2.15. The summed E-state index contributed by atoms with van der Waals surface area (Å²) in [7, 11) is 0. The first-order valence-electron chi connectivity index (χ1n) is 6.84. The standard InChI is InChI=1S/C15H20ClNO3/c1-2-3-4-5-6-7-14(18)20-13-9-8-11(16)10-12(13)15(17)19/h8-10H,2-7H2,1H3,(H2,17,19). The Balaban J connectivity index is 2.51. The lowest BCUT2D eigenvalue weighted by atomic mass is 10.1. The number of hydrogen-bond acceptors (Lipinski definition) is 3. The monoisotopic (exact) mass is 297 g/mol. The summed E-state index contributed by atoms with van der Waals surface area (Å²) in [5.74, 6) is -0.856. The topological polar surface area (TPSA) is 69.4 Å². The van der Waals surface area contributed by atoms with Crippen molar-refractivity contribution in [2.45, 2.75) is 45.4 Å². The molecule has 1 amide bonds. The average Bonchev–Trinajstić information content (AvgIpc) is 2.40. The van der Waals surface area contributed by atoms with Crippen LogP contribution in [0.15, 0.2) is 18.2 Å². The number of rotatable bonds is 8. The van der Waals surface area contributed by atoms with Gasteiger partial charge in [-0.2, -0.15) is 0 Å². The Hall–Kier alpha value is -1.55. The molecule has 0 saturated carbocycles. The second-order valence-electron chi connectivity index (χ2n) is 4.64. The molecular formula is C15H20ClNO3. The molecule has 5 heteroatoms. The van der Waals surface area contributed by atoms with Crippen molar-refractivity contribution >= 4 is 23.5 Å². The zero-order valence-electron chi connectivity index (χ0n) is 11.7. The minimum Gasteiger partial charge on any atom is -0.426 e. The van der Waals surface area contributed by atoms with Crippen molar-refractivity contribution < 1.29 is 14.3 Å². The molecule has 0 atom stereocenters. The summed E-state index contributed by atoms with van der Waals surface area (Å²) in [6, 6.07) is 4.43. The van der Waals surface area contributed by atoms with E-state index < -0.39 is 5.91 Å². The van der Waals surface area contributed by atoms with Gasteiger partial charge in [0.1, 0.15) is 5.75 Å². The van der Waals surface area contributed by atoms with Gasteiger partial charge in [-0.1, -0.05) is 44.2 Å². The maximum atomic E-state index is 11.7. The van der Waals surface area contributed by atoms with E-state index in [-0.39, 0.29) is 17.3 Å². The highest BCUT2D eigenvalue weighted by Crippen LogP contribution is 2.23. The maximum Gasteiger partial charge on any atom is 0.311 e. The number of halogens is 1. The number of nitrogens with two attached hydrogens (primary N) is 1. The summed E-state index contributed by atoms with van der Waals surface area (Å²) in [5.41, 5.74) is 5.35. The number of unbranched alkanes of at least 4 members (excludes halogenated alkanes) is 4. The molecule has 0 radical (unpaired) electrons. The van der Waals surface area contributed by atoms with E-state index in [1.54, 1.807) is 6.07 Å². The lowest BCUT2D eigenvalue weighted by Gasteiger charge is -2.08. The molecule has 0 bridgehead atoms. The molecular weight excluding hydrogens is 278 g/mol. The van der Waals surface area contributed by atoms with E-state index in [0.717, 1.165) is 25.7 Å². The highest BCUT2D eigenvalue weighted by molar-refractivity contribution is 6.31. The molecule has 0 aliphatic heterocycles. The van der Waals surface area contributed by atoms with Gasteiger partial charge >= 0.3 is 5.97 Å². The Morgan fingerprint density at radius 3 is 2.55 bits per heavy atom. The molecule has 4 nitrogen and oxygen atoms in total. The van der Waals surface area contributed by atoms with Crippen LogP contribution in [0.3, 0.4) is 0 Å². The average molecular weight is 298 g/mol. The van der Waals surface area contributed by atoms with Gasteiger partial charge in [0.2, 0.25) is 0 Å². The summed E-state index contributed by atoms with van der Waals surface area (Å²) in [4.78, 5) is 23.0. The fourth-order valence-electron chi connectivity index (χ4n) is 1.83. The molecule has 1 aromatic carbocycles. The van der Waals surface area contributed by atoms with E-state index in [2.05, 4.69) is 6.92 Å². The minimum atomic E-state index is -0.668. The zero-order valence-corrected chi connectivity index (χ0v) is 12.4. The highest BCUT2D eigenvalue weighted by atomic mass is 35.5. The van der Waals surface area contributed by atoms with Crippen LogP contribution >= 0.6 is 11.6 Å². The Kier molecular flexibility index (Phi) is 7.09. The third-order valence-electron chi connectivity index (χ3n) is 2.92. The fourth-order valence-corrected chi connectivity index (χ4v) is 2.00. The van der Waals surface area contributed by atoms with Crippen LogP contribution in [0.1, 0.15) is 55.8 Å². The van der Waals surface area contributed by atoms with Crippen molar-refractivity contribution in [3.8, 4) is 5.75 Å². The van der Waals surface area contributed by atoms with Gasteiger partial charge in [-0.25, -0.2) is 0 Å². The molecule has 0 aliphatic rings. The van der Waals surface area contributed by atoms with Gasteiger partial charge in [0.05, 0.1) is 5.56 Å². The van der Waals surface area contributed by atoms with Gasteiger partial charge < -0.3 is 10.5 Å². The first-order chi connectivity index (χ1) is 9.54. The van der Waals surface area contributed by atoms with Gasteiger partial charge in [0.25, 0.3) is 5.91 Å². The highest BCUT2D eigenvalue weighted by Gasteiger charge is 2.13.